The van der Waals surface area contributed by atoms with Crippen molar-refractivity contribution in [2.75, 3.05) is 11.4 Å². The zero-order valence-electron chi connectivity index (χ0n) is 8.36. The Balaban J connectivity index is 2.34. The second-order valence-electron chi connectivity index (χ2n) is 3.67. The first kappa shape index (κ1) is 9.71. The van der Waals surface area contributed by atoms with Gasteiger partial charge >= 0.3 is 0 Å². The number of amides is 1. The number of phenolic OH excluding ortho intramolecular Hbond substituents is 1. The van der Waals surface area contributed by atoms with Crippen LogP contribution in [-0.4, -0.2) is 23.3 Å². The highest BCUT2D eigenvalue weighted by molar-refractivity contribution is 6.15. The number of anilines is 1. The lowest BCUT2D eigenvalue weighted by molar-refractivity contribution is -0.121. The number of carbonyl (C=O) groups excluding carboxylic acids is 2. The Morgan fingerprint density at radius 2 is 2.07 bits per heavy atom. The predicted molar refractivity (Wildman–Crippen MR) is 54.8 cm³/mol. The molecule has 1 amide bonds. The van der Waals surface area contributed by atoms with Gasteiger partial charge in [0.2, 0.25) is 5.91 Å². The number of nitrogens with zero attached hydrogens (tertiary/aromatic N) is 1. The summed E-state index contributed by atoms with van der Waals surface area (Å²) in [6.45, 7) is 1.89. The van der Waals surface area contributed by atoms with E-state index in [4.69, 9.17) is 0 Å². The minimum Gasteiger partial charge on any atom is -0.508 e. The molecule has 0 atom stereocenters. The summed E-state index contributed by atoms with van der Waals surface area (Å²) in [5.41, 5.74) is 1.32. The van der Waals surface area contributed by atoms with E-state index >= 15 is 0 Å². The summed E-state index contributed by atoms with van der Waals surface area (Å²) in [4.78, 5) is 23.9. The molecule has 1 fully saturated rings. The first-order valence-electron chi connectivity index (χ1n) is 4.69. The fraction of sp³-hybridized carbons (Fsp3) is 0.273. The molecule has 1 heterocycles. The molecule has 0 spiro atoms. The van der Waals surface area contributed by atoms with Crippen molar-refractivity contribution in [2.24, 2.45) is 0 Å². The molecule has 15 heavy (non-hydrogen) atoms. The van der Waals surface area contributed by atoms with Gasteiger partial charge in [0.25, 0.3) is 0 Å². The third-order valence-corrected chi connectivity index (χ3v) is 2.49. The molecule has 1 N–H and O–H groups in total. The highest BCUT2D eigenvalue weighted by Gasteiger charge is 2.28. The monoisotopic (exact) mass is 205 g/mol. The van der Waals surface area contributed by atoms with Gasteiger partial charge in [-0.25, -0.2) is 0 Å². The topological polar surface area (TPSA) is 57.6 Å². The molecule has 0 aromatic heterocycles. The third-order valence-electron chi connectivity index (χ3n) is 2.49. The van der Waals surface area contributed by atoms with E-state index < -0.39 is 0 Å². The van der Waals surface area contributed by atoms with Gasteiger partial charge in [-0.15, -0.1) is 0 Å². The molecule has 4 nitrogen and oxygen atoms in total. The van der Waals surface area contributed by atoms with Crippen LogP contribution in [0.3, 0.4) is 0 Å². The molecule has 1 saturated heterocycles. The molecule has 1 aliphatic rings. The van der Waals surface area contributed by atoms with Gasteiger partial charge in [-0.1, -0.05) is 6.07 Å². The van der Waals surface area contributed by atoms with Crippen LogP contribution in [0.5, 0.6) is 5.75 Å². The largest absolute Gasteiger partial charge is 0.508 e. The smallest absolute Gasteiger partial charge is 0.234 e. The minimum atomic E-state index is -0.205. The lowest BCUT2D eigenvalue weighted by atomic mass is 10.2. The Labute approximate surface area is 87.1 Å². The zero-order valence-corrected chi connectivity index (χ0v) is 8.36. The van der Waals surface area contributed by atoms with E-state index in [-0.39, 0.29) is 30.4 Å². The standard InChI is InChI=1S/C11H11NO3/c1-7-2-3-8(4-10(7)14)12-6-9(13)5-11(12)15/h2-4,14H,5-6H2,1H3. The van der Waals surface area contributed by atoms with Crippen LogP contribution in [0.1, 0.15) is 12.0 Å². The van der Waals surface area contributed by atoms with Crippen LogP contribution in [0.15, 0.2) is 18.2 Å². The normalized spacial score (nSPS) is 16.2. The average Bonchev–Trinajstić information content (AvgIpc) is 2.50. The van der Waals surface area contributed by atoms with Crippen LogP contribution < -0.4 is 4.90 Å². The molecule has 1 aromatic rings. The highest BCUT2D eigenvalue weighted by Crippen LogP contribution is 2.26. The van der Waals surface area contributed by atoms with Crippen LogP contribution >= 0.6 is 0 Å². The lowest BCUT2D eigenvalue weighted by Gasteiger charge is -2.15. The van der Waals surface area contributed by atoms with Crippen molar-refractivity contribution in [1.29, 1.82) is 0 Å². The number of benzene rings is 1. The molecule has 0 aliphatic carbocycles. The SMILES string of the molecule is Cc1ccc(N2CC(=O)CC2=O)cc1O. The van der Waals surface area contributed by atoms with Crippen LogP contribution in [0.25, 0.3) is 0 Å². The maximum atomic E-state index is 11.4. The first-order chi connectivity index (χ1) is 7.08. The van der Waals surface area contributed by atoms with Gasteiger partial charge in [-0.2, -0.15) is 0 Å². The molecule has 0 saturated carbocycles. The Kier molecular flexibility index (Phi) is 2.19. The zero-order chi connectivity index (χ0) is 11.0. The minimum absolute atomic E-state index is 0.0331. The number of ketones is 1. The van der Waals surface area contributed by atoms with Gasteiger partial charge in [0, 0.05) is 11.8 Å². The maximum absolute atomic E-state index is 11.4. The Morgan fingerprint density at radius 1 is 1.33 bits per heavy atom. The van der Waals surface area contributed by atoms with Gasteiger partial charge in [0.15, 0.2) is 5.78 Å². The van der Waals surface area contributed by atoms with Crippen molar-refractivity contribution in [2.45, 2.75) is 13.3 Å². The van der Waals surface area contributed by atoms with Crippen molar-refractivity contribution in [3.05, 3.63) is 23.8 Å². The number of hydrogen-bond acceptors (Lipinski definition) is 3. The lowest BCUT2D eigenvalue weighted by Crippen LogP contribution is -2.24. The van der Waals surface area contributed by atoms with Crippen LogP contribution in [0.2, 0.25) is 0 Å². The first-order valence-corrected chi connectivity index (χ1v) is 4.69. The highest BCUT2D eigenvalue weighted by atomic mass is 16.3. The number of rotatable bonds is 1. The summed E-state index contributed by atoms with van der Waals surface area (Å²) in [5.74, 6) is -0.150. The van der Waals surface area contributed by atoms with Crippen molar-refractivity contribution in [3.8, 4) is 5.75 Å². The molecule has 1 aromatic carbocycles. The van der Waals surface area contributed by atoms with Crippen LogP contribution in [0.4, 0.5) is 5.69 Å². The molecule has 0 bridgehead atoms. The third kappa shape index (κ3) is 1.70. The number of carbonyl (C=O) groups is 2. The van der Waals surface area contributed by atoms with Crippen molar-refractivity contribution in [1.82, 2.24) is 0 Å². The van der Waals surface area contributed by atoms with Crippen molar-refractivity contribution >= 4 is 17.4 Å². The molecule has 2 rings (SSSR count). The molecular weight excluding hydrogens is 194 g/mol. The summed E-state index contributed by atoms with van der Waals surface area (Å²) >= 11 is 0. The Hall–Kier alpha value is -1.84. The van der Waals surface area contributed by atoms with Crippen molar-refractivity contribution in [3.63, 3.8) is 0 Å². The Morgan fingerprint density at radius 3 is 2.60 bits per heavy atom. The number of aromatic hydroxyl groups is 1. The van der Waals surface area contributed by atoms with E-state index in [0.29, 0.717) is 5.69 Å². The summed E-state index contributed by atoms with van der Waals surface area (Å²) in [6.07, 6.45) is -0.0331. The second kappa shape index (κ2) is 3.38. The van der Waals surface area contributed by atoms with Gasteiger partial charge in [0.1, 0.15) is 5.75 Å². The van der Waals surface area contributed by atoms with E-state index in [2.05, 4.69) is 0 Å². The number of Topliss-reactive ketones (excluding diaryl/α,β-unsaturated/α-hetero) is 1. The summed E-state index contributed by atoms with van der Waals surface area (Å²) < 4.78 is 0. The fourth-order valence-corrected chi connectivity index (χ4v) is 1.59. The maximum Gasteiger partial charge on any atom is 0.234 e. The number of aryl methyl sites for hydroxylation is 1. The van der Waals surface area contributed by atoms with Gasteiger partial charge in [-0.05, 0) is 18.6 Å². The summed E-state index contributed by atoms with van der Waals surface area (Å²) in [5, 5.41) is 9.49. The molecule has 78 valence electrons. The van der Waals surface area contributed by atoms with E-state index in [0.717, 1.165) is 5.56 Å². The molecule has 0 unspecified atom stereocenters. The van der Waals surface area contributed by atoms with Crippen molar-refractivity contribution < 1.29 is 14.7 Å². The Bertz CT molecular complexity index is 439. The predicted octanol–water partition coefficient (Wildman–Crippen LogP) is 1.01. The fourth-order valence-electron chi connectivity index (χ4n) is 1.59. The average molecular weight is 205 g/mol. The molecule has 4 heteroatoms. The van der Waals surface area contributed by atoms with Crippen LogP contribution in [-0.2, 0) is 9.59 Å². The van der Waals surface area contributed by atoms with Gasteiger partial charge in [-0.3, -0.25) is 9.59 Å². The van der Waals surface area contributed by atoms with Crippen LogP contribution in [0, 0.1) is 6.92 Å². The summed E-state index contributed by atoms with van der Waals surface area (Å²) in [6, 6.07) is 4.96. The quantitative estimate of drug-likeness (QED) is 0.696. The second-order valence-corrected chi connectivity index (χ2v) is 3.67. The molecular formula is C11H11NO3. The summed E-state index contributed by atoms with van der Waals surface area (Å²) in [7, 11) is 0. The molecule has 1 aliphatic heterocycles. The van der Waals surface area contributed by atoms with Gasteiger partial charge in [0.05, 0.1) is 13.0 Å². The van der Waals surface area contributed by atoms with E-state index in [1.807, 2.05) is 0 Å². The number of hydrogen-bond donors (Lipinski definition) is 1. The van der Waals surface area contributed by atoms with E-state index in [1.165, 1.54) is 11.0 Å². The molecule has 0 radical (unpaired) electrons. The van der Waals surface area contributed by atoms with Gasteiger partial charge < -0.3 is 10.0 Å². The van der Waals surface area contributed by atoms with E-state index in [9.17, 15) is 14.7 Å². The number of phenols is 1. The van der Waals surface area contributed by atoms with E-state index in [1.54, 1.807) is 19.1 Å².